The van der Waals surface area contributed by atoms with E-state index in [4.69, 9.17) is 10.5 Å². The molecule has 0 aliphatic carbocycles. The largest absolute Gasteiger partial charge is 0.466 e. The highest BCUT2D eigenvalue weighted by atomic mass is 16.5. The van der Waals surface area contributed by atoms with Gasteiger partial charge in [-0.2, -0.15) is 0 Å². The van der Waals surface area contributed by atoms with Crippen LogP contribution in [-0.4, -0.2) is 35.3 Å². The van der Waals surface area contributed by atoms with Crippen LogP contribution in [0.25, 0.3) is 11.6 Å². The number of ether oxygens (including phenoxy) is 1. The maximum absolute atomic E-state index is 12.3. The number of rotatable bonds is 7. The van der Waals surface area contributed by atoms with Crippen molar-refractivity contribution in [2.24, 2.45) is 5.73 Å². The number of nitrogens with one attached hydrogen (secondary N) is 3. The van der Waals surface area contributed by atoms with Gasteiger partial charge in [-0.1, -0.05) is 0 Å². The Morgan fingerprint density at radius 3 is 2.72 bits per heavy atom. The van der Waals surface area contributed by atoms with Crippen LogP contribution in [0.1, 0.15) is 41.4 Å². The third-order valence-electron chi connectivity index (χ3n) is 4.26. The Balaban J connectivity index is 1.78. The van der Waals surface area contributed by atoms with Gasteiger partial charge >= 0.3 is 12.0 Å². The van der Waals surface area contributed by atoms with Gasteiger partial charge in [-0.05, 0) is 37.3 Å². The van der Waals surface area contributed by atoms with E-state index in [1.165, 1.54) is 6.20 Å². The molecular formula is C20H20N4O5. The summed E-state index contributed by atoms with van der Waals surface area (Å²) in [4.78, 5) is 49.9. The number of aromatic amines is 1. The minimum atomic E-state index is -0.705. The van der Waals surface area contributed by atoms with E-state index in [9.17, 15) is 19.2 Å². The lowest BCUT2D eigenvalue weighted by molar-refractivity contribution is -0.143. The zero-order chi connectivity index (χ0) is 21.0. The summed E-state index contributed by atoms with van der Waals surface area (Å²) in [5.41, 5.74) is 8.13. The van der Waals surface area contributed by atoms with Crippen LogP contribution in [0.5, 0.6) is 0 Å². The van der Waals surface area contributed by atoms with Crippen LogP contribution in [0.3, 0.4) is 0 Å². The van der Waals surface area contributed by atoms with E-state index in [-0.39, 0.29) is 31.1 Å². The number of ketones is 1. The van der Waals surface area contributed by atoms with Gasteiger partial charge in [0.25, 0.3) is 5.91 Å². The smallest absolute Gasteiger partial charge is 0.316 e. The van der Waals surface area contributed by atoms with E-state index in [2.05, 4.69) is 15.6 Å². The van der Waals surface area contributed by atoms with Crippen molar-refractivity contribution >= 4 is 46.7 Å². The van der Waals surface area contributed by atoms with Crippen molar-refractivity contribution in [1.82, 2.24) is 4.98 Å². The summed E-state index contributed by atoms with van der Waals surface area (Å²) in [5, 5.41) is 5.21. The molecule has 9 nitrogen and oxygen atoms in total. The predicted octanol–water partition coefficient (Wildman–Crippen LogP) is 2.52. The molecule has 0 spiro atoms. The number of carbonyl (C=O) groups excluding carboxylic acids is 4. The molecule has 1 aliphatic rings. The van der Waals surface area contributed by atoms with Gasteiger partial charge in [-0.15, -0.1) is 0 Å². The van der Waals surface area contributed by atoms with Crippen LogP contribution < -0.4 is 16.4 Å². The van der Waals surface area contributed by atoms with E-state index in [0.29, 0.717) is 33.8 Å². The minimum absolute atomic E-state index is 0.0136. The van der Waals surface area contributed by atoms with Crippen molar-refractivity contribution in [1.29, 1.82) is 0 Å². The van der Waals surface area contributed by atoms with Crippen LogP contribution >= 0.6 is 0 Å². The number of nitrogens with two attached hydrogens (primary N) is 1. The number of hydrogen-bond acceptors (Lipinski definition) is 5. The van der Waals surface area contributed by atoms with Crippen molar-refractivity contribution in [2.45, 2.75) is 19.8 Å². The molecule has 9 heteroatoms. The van der Waals surface area contributed by atoms with Crippen molar-refractivity contribution in [3.8, 4) is 0 Å². The van der Waals surface area contributed by atoms with Gasteiger partial charge in [0.15, 0.2) is 5.78 Å². The molecule has 5 N–H and O–H groups in total. The third kappa shape index (κ3) is 4.70. The Morgan fingerprint density at radius 2 is 2.00 bits per heavy atom. The van der Waals surface area contributed by atoms with Crippen LogP contribution in [0, 0.1) is 0 Å². The molecule has 3 amide bonds. The fourth-order valence-corrected chi connectivity index (χ4v) is 2.96. The van der Waals surface area contributed by atoms with E-state index in [1.54, 1.807) is 37.3 Å². The van der Waals surface area contributed by atoms with E-state index in [0.717, 1.165) is 0 Å². The normalized spacial score (nSPS) is 13.7. The summed E-state index contributed by atoms with van der Waals surface area (Å²) >= 11 is 0. The average Bonchev–Trinajstić information content (AvgIpc) is 3.25. The molecule has 3 rings (SSSR count). The first-order chi connectivity index (χ1) is 13.9. The highest BCUT2D eigenvalue weighted by Gasteiger charge is 2.25. The fourth-order valence-electron chi connectivity index (χ4n) is 2.96. The molecule has 0 unspecified atom stereocenters. The first-order valence-electron chi connectivity index (χ1n) is 8.98. The second-order valence-corrected chi connectivity index (χ2v) is 6.33. The number of Topliss-reactive ketones (excluding diaryl/α,β-unsaturated/α-hetero) is 1. The van der Waals surface area contributed by atoms with Crippen LogP contribution in [0.4, 0.5) is 16.2 Å². The third-order valence-corrected chi connectivity index (χ3v) is 4.26. The molecule has 0 radical (unpaired) electrons. The van der Waals surface area contributed by atoms with Gasteiger partial charge < -0.3 is 26.1 Å². The monoisotopic (exact) mass is 396 g/mol. The number of H-pyrrole nitrogens is 1. The fraction of sp³-hybridized carbons (Fsp3) is 0.200. The highest BCUT2D eigenvalue weighted by molar-refractivity contribution is 6.35. The standard InChI is InChI=1S/C20H20N4O5/c1-2-29-18(26)6-5-17(25)11-7-13(22-10-11)9-15-14-8-12(23-20(21)28)3-4-16(14)24-19(15)27/h3-4,7-10,22H,2,5-6H2,1H3,(H,24,27)(H3,21,23,28)/b15-9+. The maximum Gasteiger partial charge on any atom is 0.316 e. The molecule has 0 bridgehead atoms. The zero-order valence-corrected chi connectivity index (χ0v) is 15.7. The predicted molar refractivity (Wildman–Crippen MR) is 107 cm³/mol. The molecule has 2 aromatic rings. The molecule has 0 saturated heterocycles. The van der Waals surface area contributed by atoms with Crippen molar-refractivity contribution in [3.05, 3.63) is 47.3 Å². The second-order valence-electron chi connectivity index (χ2n) is 6.33. The Kier molecular flexibility index (Phi) is 5.77. The van der Waals surface area contributed by atoms with Gasteiger partial charge in [-0.3, -0.25) is 14.4 Å². The molecular weight excluding hydrogens is 376 g/mol. The summed E-state index contributed by atoms with van der Waals surface area (Å²) in [5.74, 6) is -0.928. The van der Waals surface area contributed by atoms with Crippen molar-refractivity contribution in [3.63, 3.8) is 0 Å². The highest BCUT2D eigenvalue weighted by Crippen LogP contribution is 2.35. The molecule has 0 atom stereocenters. The Hall–Kier alpha value is -3.88. The molecule has 150 valence electrons. The number of primary amides is 1. The molecule has 0 fully saturated rings. The van der Waals surface area contributed by atoms with Crippen molar-refractivity contribution in [2.75, 3.05) is 17.2 Å². The van der Waals surface area contributed by atoms with Gasteiger partial charge in [-0.25, -0.2) is 4.79 Å². The summed E-state index contributed by atoms with van der Waals surface area (Å²) in [6, 6.07) is 5.83. The molecule has 1 aliphatic heterocycles. The summed E-state index contributed by atoms with van der Waals surface area (Å²) < 4.78 is 4.81. The minimum Gasteiger partial charge on any atom is -0.466 e. The molecule has 2 heterocycles. The summed E-state index contributed by atoms with van der Waals surface area (Å²) in [6.07, 6.45) is 3.19. The number of urea groups is 1. The number of amides is 3. The van der Waals surface area contributed by atoms with E-state index < -0.39 is 12.0 Å². The van der Waals surface area contributed by atoms with Gasteiger partial charge in [0.1, 0.15) is 0 Å². The lowest BCUT2D eigenvalue weighted by atomic mass is 10.0. The van der Waals surface area contributed by atoms with E-state index >= 15 is 0 Å². The maximum atomic E-state index is 12.3. The quantitative estimate of drug-likeness (QED) is 0.323. The molecule has 1 aromatic carbocycles. The average molecular weight is 396 g/mol. The van der Waals surface area contributed by atoms with Crippen molar-refractivity contribution < 1.29 is 23.9 Å². The number of carbonyl (C=O) groups is 4. The molecule has 29 heavy (non-hydrogen) atoms. The molecule has 0 saturated carbocycles. The first-order valence-corrected chi connectivity index (χ1v) is 8.98. The number of hydrogen-bond donors (Lipinski definition) is 4. The van der Waals surface area contributed by atoms with Gasteiger partial charge in [0, 0.05) is 40.8 Å². The number of anilines is 2. The number of esters is 1. The Bertz CT molecular complexity index is 1020. The Morgan fingerprint density at radius 1 is 1.21 bits per heavy atom. The second kappa shape index (κ2) is 8.42. The van der Waals surface area contributed by atoms with Crippen LogP contribution in [0.2, 0.25) is 0 Å². The number of fused-ring (bicyclic) bond motifs is 1. The molecule has 1 aromatic heterocycles. The lowest BCUT2D eigenvalue weighted by Gasteiger charge is -2.04. The first kappa shape index (κ1) is 19.9. The number of benzene rings is 1. The summed E-state index contributed by atoms with van der Waals surface area (Å²) in [6.45, 7) is 1.98. The lowest BCUT2D eigenvalue weighted by Crippen LogP contribution is -2.19. The van der Waals surface area contributed by atoms with Crippen LogP contribution in [0.15, 0.2) is 30.5 Å². The van der Waals surface area contributed by atoms with Crippen LogP contribution in [-0.2, 0) is 14.3 Å². The van der Waals surface area contributed by atoms with Gasteiger partial charge in [0.2, 0.25) is 0 Å². The topological polar surface area (TPSA) is 143 Å². The zero-order valence-electron chi connectivity index (χ0n) is 15.7. The summed E-state index contributed by atoms with van der Waals surface area (Å²) in [7, 11) is 0. The Labute approximate surface area is 166 Å². The van der Waals surface area contributed by atoms with E-state index in [1.807, 2.05) is 0 Å². The SMILES string of the molecule is CCOC(=O)CCC(=O)c1c[nH]c(/C=C2/C(=O)Nc3ccc(NC(N)=O)cc32)c1. The van der Waals surface area contributed by atoms with Gasteiger partial charge in [0.05, 0.1) is 18.6 Å². The number of aromatic nitrogens is 1.